The molecule has 1 saturated heterocycles. The van der Waals surface area contributed by atoms with Crippen molar-refractivity contribution in [3.05, 3.63) is 64.1 Å². The summed E-state index contributed by atoms with van der Waals surface area (Å²) in [5, 5.41) is 0.796. The lowest BCUT2D eigenvalue weighted by molar-refractivity contribution is -0.122. The van der Waals surface area contributed by atoms with Gasteiger partial charge in [-0.05, 0) is 30.2 Å². The minimum atomic E-state index is -0.340. The number of amides is 2. The molecular formula is C17H13Cl2NO2. The number of carbonyl (C=O) groups is 2. The van der Waals surface area contributed by atoms with Gasteiger partial charge in [0.15, 0.2) is 0 Å². The summed E-state index contributed by atoms with van der Waals surface area (Å²) in [4.78, 5) is 26.0. The zero-order valence-electron chi connectivity index (χ0n) is 11.6. The van der Waals surface area contributed by atoms with Crippen LogP contribution in [0.1, 0.15) is 12.0 Å². The van der Waals surface area contributed by atoms with Crippen LogP contribution in [0.5, 0.6) is 0 Å². The average molecular weight is 334 g/mol. The molecule has 1 heterocycles. The molecule has 0 aromatic heterocycles. The van der Waals surface area contributed by atoms with E-state index in [-0.39, 0.29) is 24.2 Å². The molecule has 112 valence electrons. The quantitative estimate of drug-likeness (QED) is 0.792. The van der Waals surface area contributed by atoms with Gasteiger partial charge in [0.2, 0.25) is 11.8 Å². The molecule has 1 fully saturated rings. The molecule has 1 aliphatic heterocycles. The van der Waals surface area contributed by atoms with Crippen molar-refractivity contribution in [1.29, 1.82) is 0 Å². The fraction of sp³-hybridized carbons (Fsp3) is 0.176. The van der Waals surface area contributed by atoms with Gasteiger partial charge in [0, 0.05) is 16.5 Å². The predicted octanol–water partition coefficient (Wildman–Crippen LogP) is 4.12. The lowest BCUT2D eigenvalue weighted by Gasteiger charge is -2.16. The summed E-state index contributed by atoms with van der Waals surface area (Å²) in [7, 11) is 0. The minimum Gasteiger partial charge on any atom is -0.274 e. The van der Waals surface area contributed by atoms with Gasteiger partial charge in [-0.1, -0.05) is 53.5 Å². The van der Waals surface area contributed by atoms with Crippen molar-refractivity contribution in [2.24, 2.45) is 5.92 Å². The van der Waals surface area contributed by atoms with Gasteiger partial charge in [-0.15, -0.1) is 0 Å². The first-order valence-electron chi connectivity index (χ1n) is 6.91. The fourth-order valence-corrected chi connectivity index (χ4v) is 3.21. The van der Waals surface area contributed by atoms with Gasteiger partial charge < -0.3 is 0 Å². The second-order valence-electron chi connectivity index (χ2n) is 5.29. The first-order chi connectivity index (χ1) is 10.5. The van der Waals surface area contributed by atoms with Crippen LogP contribution in [0, 0.1) is 5.92 Å². The minimum absolute atomic E-state index is 0.202. The zero-order chi connectivity index (χ0) is 15.7. The number of benzene rings is 2. The maximum Gasteiger partial charge on any atom is 0.237 e. The lowest BCUT2D eigenvalue weighted by atomic mass is 9.98. The first-order valence-corrected chi connectivity index (χ1v) is 7.67. The highest BCUT2D eigenvalue weighted by Crippen LogP contribution is 2.32. The smallest absolute Gasteiger partial charge is 0.237 e. The molecule has 1 unspecified atom stereocenters. The third-order valence-electron chi connectivity index (χ3n) is 3.67. The number of hydrogen-bond acceptors (Lipinski definition) is 2. The van der Waals surface area contributed by atoms with Gasteiger partial charge in [-0.3, -0.25) is 14.5 Å². The molecule has 2 aromatic carbocycles. The van der Waals surface area contributed by atoms with E-state index < -0.39 is 0 Å². The highest BCUT2D eigenvalue weighted by molar-refractivity contribution is 6.35. The van der Waals surface area contributed by atoms with Gasteiger partial charge in [-0.25, -0.2) is 0 Å². The third-order valence-corrected chi connectivity index (χ3v) is 4.11. The SMILES string of the molecule is O=C1CC(Cc2ccccc2)C(=O)N1c1cc(Cl)cc(Cl)c1. The average Bonchev–Trinajstić information content (AvgIpc) is 2.73. The molecular weight excluding hydrogens is 321 g/mol. The maximum absolute atomic E-state index is 12.6. The van der Waals surface area contributed by atoms with Gasteiger partial charge in [0.1, 0.15) is 0 Å². The van der Waals surface area contributed by atoms with Crippen molar-refractivity contribution in [3.8, 4) is 0 Å². The van der Waals surface area contributed by atoms with Crippen molar-refractivity contribution < 1.29 is 9.59 Å². The van der Waals surface area contributed by atoms with Crippen LogP contribution in [-0.4, -0.2) is 11.8 Å². The maximum atomic E-state index is 12.6. The monoisotopic (exact) mass is 333 g/mol. The number of imide groups is 1. The fourth-order valence-electron chi connectivity index (χ4n) is 2.69. The Bertz CT molecular complexity index is 710. The molecule has 2 amide bonds. The van der Waals surface area contributed by atoms with E-state index in [1.54, 1.807) is 18.2 Å². The van der Waals surface area contributed by atoms with Crippen LogP contribution in [0.3, 0.4) is 0 Å². The van der Waals surface area contributed by atoms with Gasteiger partial charge in [-0.2, -0.15) is 0 Å². The van der Waals surface area contributed by atoms with E-state index in [0.717, 1.165) is 5.56 Å². The molecule has 1 aliphatic rings. The molecule has 0 bridgehead atoms. The van der Waals surface area contributed by atoms with E-state index in [1.807, 2.05) is 30.3 Å². The third kappa shape index (κ3) is 3.01. The molecule has 0 saturated carbocycles. The first kappa shape index (κ1) is 15.1. The van der Waals surface area contributed by atoms with Crippen LogP contribution in [0.25, 0.3) is 0 Å². The van der Waals surface area contributed by atoms with E-state index in [9.17, 15) is 9.59 Å². The van der Waals surface area contributed by atoms with Gasteiger partial charge >= 0.3 is 0 Å². The largest absolute Gasteiger partial charge is 0.274 e. The van der Waals surface area contributed by atoms with E-state index in [1.165, 1.54) is 4.90 Å². The molecule has 3 nitrogen and oxygen atoms in total. The topological polar surface area (TPSA) is 37.4 Å². The predicted molar refractivity (Wildman–Crippen MR) is 87.2 cm³/mol. The summed E-state index contributed by atoms with van der Waals surface area (Å²) >= 11 is 11.9. The van der Waals surface area contributed by atoms with Crippen LogP contribution in [0.2, 0.25) is 10.0 Å². The summed E-state index contributed by atoms with van der Waals surface area (Å²) in [6.07, 6.45) is 0.758. The van der Waals surface area contributed by atoms with E-state index in [2.05, 4.69) is 0 Å². The Kier molecular flexibility index (Phi) is 4.19. The number of hydrogen-bond donors (Lipinski definition) is 0. The normalized spacial score (nSPS) is 18.1. The van der Waals surface area contributed by atoms with Crippen LogP contribution in [0.4, 0.5) is 5.69 Å². The van der Waals surface area contributed by atoms with Crippen molar-refractivity contribution >= 4 is 40.7 Å². The molecule has 2 aromatic rings. The number of rotatable bonds is 3. The Labute approximate surface area is 138 Å². The lowest BCUT2D eigenvalue weighted by Crippen LogP contribution is -2.30. The Morgan fingerprint density at radius 2 is 1.64 bits per heavy atom. The number of halogens is 2. The Morgan fingerprint density at radius 3 is 2.27 bits per heavy atom. The summed E-state index contributed by atoms with van der Waals surface area (Å²) in [5.41, 5.74) is 1.47. The summed E-state index contributed by atoms with van der Waals surface area (Å²) in [5.74, 6) is -0.760. The van der Waals surface area contributed by atoms with Crippen LogP contribution < -0.4 is 4.90 Å². The molecule has 0 aliphatic carbocycles. The molecule has 1 atom stereocenters. The van der Waals surface area contributed by atoms with Crippen LogP contribution in [0.15, 0.2) is 48.5 Å². The van der Waals surface area contributed by atoms with Crippen molar-refractivity contribution in [2.45, 2.75) is 12.8 Å². The Hall–Kier alpha value is -1.84. The second-order valence-corrected chi connectivity index (χ2v) is 6.16. The number of anilines is 1. The molecule has 0 N–H and O–H groups in total. The molecule has 3 rings (SSSR count). The molecule has 0 spiro atoms. The van der Waals surface area contributed by atoms with Gasteiger partial charge in [0.05, 0.1) is 11.6 Å². The van der Waals surface area contributed by atoms with Crippen molar-refractivity contribution in [2.75, 3.05) is 4.90 Å². The van der Waals surface area contributed by atoms with Crippen LogP contribution >= 0.6 is 23.2 Å². The molecule has 22 heavy (non-hydrogen) atoms. The number of carbonyl (C=O) groups excluding carboxylic acids is 2. The Balaban J connectivity index is 1.85. The van der Waals surface area contributed by atoms with E-state index in [4.69, 9.17) is 23.2 Å². The van der Waals surface area contributed by atoms with E-state index >= 15 is 0 Å². The summed E-state index contributed by atoms with van der Waals surface area (Å²) in [6, 6.07) is 14.4. The highest BCUT2D eigenvalue weighted by atomic mass is 35.5. The number of nitrogens with zero attached hydrogens (tertiary/aromatic N) is 1. The van der Waals surface area contributed by atoms with Crippen molar-refractivity contribution in [1.82, 2.24) is 0 Å². The van der Waals surface area contributed by atoms with Gasteiger partial charge in [0.25, 0.3) is 0 Å². The van der Waals surface area contributed by atoms with E-state index in [0.29, 0.717) is 22.2 Å². The second kappa shape index (κ2) is 6.11. The summed E-state index contributed by atoms with van der Waals surface area (Å²) < 4.78 is 0. The highest BCUT2D eigenvalue weighted by Gasteiger charge is 2.39. The summed E-state index contributed by atoms with van der Waals surface area (Å²) in [6.45, 7) is 0. The van der Waals surface area contributed by atoms with Crippen LogP contribution in [-0.2, 0) is 16.0 Å². The molecule has 5 heteroatoms. The standard InChI is InChI=1S/C17H13Cl2NO2/c18-13-8-14(19)10-15(9-13)20-16(21)7-12(17(20)22)6-11-4-2-1-3-5-11/h1-5,8-10,12H,6-7H2. The Morgan fingerprint density at radius 1 is 1.00 bits per heavy atom. The molecule has 0 radical (unpaired) electrons. The van der Waals surface area contributed by atoms with Crippen molar-refractivity contribution in [3.63, 3.8) is 0 Å². The zero-order valence-corrected chi connectivity index (χ0v) is 13.1.